The number of nitrogens with two attached hydrogens (primary N) is 1. The third-order valence-corrected chi connectivity index (χ3v) is 3.37. The average molecular weight is 341 g/mol. The van der Waals surface area contributed by atoms with Crippen LogP contribution in [0.5, 0.6) is 0 Å². The van der Waals surface area contributed by atoms with Crippen molar-refractivity contribution in [2.24, 2.45) is 5.73 Å². The van der Waals surface area contributed by atoms with Crippen molar-refractivity contribution in [2.75, 3.05) is 6.54 Å². The molecule has 2 rings (SSSR count). The van der Waals surface area contributed by atoms with E-state index in [4.69, 9.17) is 10.6 Å². The van der Waals surface area contributed by atoms with E-state index in [1.807, 2.05) is 30.3 Å². The van der Waals surface area contributed by atoms with Crippen LogP contribution in [0.1, 0.15) is 15.9 Å². The summed E-state index contributed by atoms with van der Waals surface area (Å²) in [5.74, 6) is -1.82. The van der Waals surface area contributed by atoms with E-state index in [2.05, 4.69) is 10.8 Å². The predicted molar refractivity (Wildman–Crippen MR) is 91.1 cm³/mol. The second kappa shape index (κ2) is 9.19. The minimum atomic E-state index is -0.915. The molecule has 2 aromatic carbocycles. The van der Waals surface area contributed by atoms with Gasteiger partial charge >= 0.3 is 5.97 Å². The molecule has 0 aliphatic rings. The van der Waals surface area contributed by atoms with Gasteiger partial charge < -0.3 is 15.9 Å². The second-order valence-electron chi connectivity index (χ2n) is 5.24. The molecule has 7 heteroatoms. The van der Waals surface area contributed by atoms with Gasteiger partial charge in [0.05, 0.1) is 12.1 Å². The highest BCUT2D eigenvalue weighted by Gasteiger charge is 2.22. The summed E-state index contributed by atoms with van der Waals surface area (Å²) in [6.07, 6.45) is 0.237. The Morgan fingerprint density at radius 3 is 2.16 bits per heavy atom. The normalized spacial score (nSPS) is 11.2. The number of hydrogen-bond acceptors (Lipinski definition) is 5. The fourth-order valence-corrected chi connectivity index (χ4v) is 2.11. The summed E-state index contributed by atoms with van der Waals surface area (Å²) in [5.41, 5.74) is 8.51. The summed E-state index contributed by atoms with van der Waals surface area (Å²) in [6, 6.07) is 16.5. The van der Waals surface area contributed by atoms with Crippen molar-refractivity contribution in [1.29, 1.82) is 0 Å². The van der Waals surface area contributed by atoms with Gasteiger partial charge in [-0.25, -0.2) is 4.79 Å². The molecule has 0 radical (unpaired) electrons. The van der Waals surface area contributed by atoms with Crippen molar-refractivity contribution in [1.82, 2.24) is 10.8 Å². The molecule has 0 spiro atoms. The first-order chi connectivity index (χ1) is 12.1. The maximum absolute atomic E-state index is 12.3. The molecule has 2 amide bonds. The fraction of sp³-hybridized carbons (Fsp3) is 0.167. The molecule has 0 aromatic heterocycles. The van der Waals surface area contributed by atoms with E-state index in [1.165, 1.54) is 0 Å². The maximum atomic E-state index is 12.3. The summed E-state index contributed by atoms with van der Waals surface area (Å²) < 4.78 is 0. The van der Waals surface area contributed by atoms with Crippen LogP contribution in [0.25, 0.3) is 0 Å². The monoisotopic (exact) mass is 341 g/mol. The number of carbonyl (C=O) groups is 3. The summed E-state index contributed by atoms with van der Waals surface area (Å²) in [4.78, 5) is 40.5. The summed E-state index contributed by atoms with van der Waals surface area (Å²) in [5, 5.41) is 2.51. The van der Waals surface area contributed by atoms with Crippen molar-refractivity contribution < 1.29 is 19.2 Å². The first-order valence-electron chi connectivity index (χ1n) is 7.69. The molecule has 0 aliphatic carbocycles. The number of hydroxylamine groups is 1. The summed E-state index contributed by atoms with van der Waals surface area (Å²) in [7, 11) is 0. The van der Waals surface area contributed by atoms with E-state index in [1.54, 1.807) is 30.3 Å². The van der Waals surface area contributed by atoms with Gasteiger partial charge in [-0.05, 0) is 17.7 Å². The standard InChI is InChI=1S/C18H19N3O4/c19-12-16(22)20-15(11-13-7-3-1-4-8-13)17(23)21-25-18(24)14-9-5-2-6-10-14/h1-10,15H,11-12,19H2,(H,20,22)(H,21,23). The Balaban J connectivity index is 1.99. The van der Waals surface area contributed by atoms with Crippen LogP contribution in [-0.4, -0.2) is 30.4 Å². The van der Waals surface area contributed by atoms with Crippen LogP contribution in [0.15, 0.2) is 60.7 Å². The van der Waals surface area contributed by atoms with E-state index in [-0.39, 0.29) is 13.0 Å². The van der Waals surface area contributed by atoms with Gasteiger partial charge in [0.2, 0.25) is 5.91 Å². The molecule has 0 aliphatic heterocycles. The van der Waals surface area contributed by atoms with Crippen molar-refractivity contribution in [3.63, 3.8) is 0 Å². The molecule has 7 nitrogen and oxygen atoms in total. The van der Waals surface area contributed by atoms with Gasteiger partial charge in [0.25, 0.3) is 5.91 Å². The average Bonchev–Trinajstić information content (AvgIpc) is 2.66. The quantitative estimate of drug-likeness (QED) is 0.665. The number of hydrogen-bond donors (Lipinski definition) is 3. The van der Waals surface area contributed by atoms with Gasteiger partial charge in [-0.2, -0.15) is 5.48 Å². The minimum absolute atomic E-state index is 0.237. The van der Waals surface area contributed by atoms with Crippen LogP contribution < -0.4 is 16.5 Å². The van der Waals surface area contributed by atoms with E-state index in [0.29, 0.717) is 5.56 Å². The lowest BCUT2D eigenvalue weighted by atomic mass is 10.1. The van der Waals surface area contributed by atoms with E-state index >= 15 is 0 Å². The molecule has 0 saturated carbocycles. The molecule has 0 fully saturated rings. The van der Waals surface area contributed by atoms with Crippen LogP contribution in [0, 0.1) is 0 Å². The number of rotatable bonds is 6. The first kappa shape index (κ1) is 18.2. The van der Waals surface area contributed by atoms with Crippen LogP contribution in [0.2, 0.25) is 0 Å². The van der Waals surface area contributed by atoms with E-state index < -0.39 is 23.8 Å². The van der Waals surface area contributed by atoms with Crippen LogP contribution >= 0.6 is 0 Å². The third-order valence-electron chi connectivity index (χ3n) is 3.37. The van der Waals surface area contributed by atoms with Crippen molar-refractivity contribution in [3.05, 3.63) is 71.8 Å². The highest BCUT2D eigenvalue weighted by molar-refractivity contribution is 5.92. The molecule has 0 bridgehead atoms. The SMILES string of the molecule is NCC(=O)NC(Cc1ccccc1)C(=O)NOC(=O)c1ccccc1. The Hall–Kier alpha value is -3.19. The number of benzene rings is 2. The van der Waals surface area contributed by atoms with Crippen molar-refractivity contribution >= 4 is 17.8 Å². The fourth-order valence-electron chi connectivity index (χ4n) is 2.11. The van der Waals surface area contributed by atoms with Gasteiger partial charge in [0, 0.05) is 6.42 Å². The van der Waals surface area contributed by atoms with Gasteiger partial charge in [0.15, 0.2) is 0 Å². The molecule has 0 saturated heterocycles. The number of amides is 2. The van der Waals surface area contributed by atoms with Crippen LogP contribution in [-0.2, 0) is 20.8 Å². The van der Waals surface area contributed by atoms with E-state index in [0.717, 1.165) is 5.56 Å². The summed E-state index contributed by atoms with van der Waals surface area (Å²) >= 11 is 0. The lowest BCUT2D eigenvalue weighted by molar-refractivity contribution is -0.134. The molecule has 1 unspecified atom stereocenters. The van der Waals surface area contributed by atoms with Gasteiger partial charge in [-0.15, -0.1) is 0 Å². The predicted octanol–water partition coefficient (Wildman–Crippen LogP) is 0.561. The molecular formula is C18H19N3O4. The smallest absolute Gasteiger partial charge is 0.343 e. The molecule has 25 heavy (non-hydrogen) atoms. The largest absolute Gasteiger partial charge is 0.362 e. The zero-order chi connectivity index (χ0) is 18.1. The molecule has 2 aromatic rings. The Kier molecular flexibility index (Phi) is 6.67. The molecule has 130 valence electrons. The Morgan fingerprint density at radius 1 is 0.960 bits per heavy atom. The van der Waals surface area contributed by atoms with E-state index in [9.17, 15) is 14.4 Å². The highest BCUT2D eigenvalue weighted by atomic mass is 16.7. The summed E-state index contributed by atoms with van der Waals surface area (Å²) in [6.45, 7) is -0.248. The molecule has 4 N–H and O–H groups in total. The zero-order valence-corrected chi connectivity index (χ0v) is 13.5. The lowest BCUT2D eigenvalue weighted by Gasteiger charge is -2.17. The second-order valence-corrected chi connectivity index (χ2v) is 5.24. The zero-order valence-electron chi connectivity index (χ0n) is 13.5. The molecule has 1 atom stereocenters. The molecule has 0 heterocycles. The lowest BCUT2D eigenvalue weighted by Crippen LogP contribution is -2.50. The highest BCUT2D eigenvalue weighted by Crippen LogP contribution is 2.04. The van der Waals surface area contributed by atoms with Crippen molar-refractivity contribution in [3.8, 4) is 0 Å². The maximum Gasteiger partial charge on any atom is 0.362 e. The Bertz CT molecular complexity index is 720. The van der Waals surface area contributed by atoms with Gasteiger partial charge in [-0.1, -0.05) is 48.5 Å². The Morgan fingerprint density at radius 2 is 1.56 bits per heavy atom. The third kappa shape index (κ3) is 5.74. The number of nitrogens with one attached hydrogen (secondary N) is 2. The molecular weight excluding hydrogens is 322 g/mol. The Labute approximate surface area is 145 Å². The van der Waals surface area contributed by atoms with Crippen LogP contribution in [0.4, 0.5) is 0 Å². The number of carbonyl (C=O) groups excluding carboxylic acids is 3. The first-order valence-corrected chi connectivity index (χ1v) is 7.69. The minimum Gasteiger partial charge on any atom is -0.343 e. The van der Waals surface area contributed by atoms with Crippen LogP contribution in [0.3, 0.4) is 0 Å². The van der Waals surface area contributed by atoms with Crippen molar-refractivity contribution in [2.45, 2.75) is 12.5 Å². The van der Waals surface area contributed by atoms with Gasteiger partial charge in [-0.3, -0.25) is 9.59 Å². The topological polar surface area (TPSA) is 111 Å². The van der Waals surface area contributed by atoms with Gasteiger partial charge in [0.1, 0.15) is 6.04 Å².